The standard InChI is InChI=1S/C19H14ClN5O3/c1-12-18(24-25(23-12)15-7-4-6-14(20)9-15)19(27)28-11-17(26)22-16-8-3-2-5-13(16)10-21/h2-9H,11H2,1H3,(H,22,26). The second-order valence-electron chi connectivity index (χ2n) is 5.69. The van der Waals surface area contributed by atoms with E-state index in [0.29, 0.717) is 27.7 Å². The van der Waals surface area contributed by atoms with E-state index in [1.54, 1.807) is 55.5 Å². The SMILES string of the molecule is Cc1nn(-c2cccc(Cl)c2)nc1C(=O)OCC(=O)Nc1ccccc1C#N. The number of para-hydroxylation sites is 1. The van der Waals surface area contributed by atoms with Gasteiger partial charge >= 0.3 is 5.97 Å². The fourth-order valence-corrected chi connectivity index (χ4v) is 2.54. The van der Waals surface area contributed by atoms with Crippen LogP contribution in [-0.4, -0.2) is 33.5 Å². The fraction of sp³-hybridized carbons (Fsp3) is 0.105. The van der Waals surface area contributed by atoms with Crippen molar-refractivity contribution in [3.8, 4) is 11.8 Å². The van der Waals surface area contributed by atoms with Crippen LogP contribution in [0.5, 0.6) is 0 Å². The van der Waals surface area contributed by atoms with E-state index in [0.717, 1.165) is 0 Å². The first kappa shape index (κ1) is 19.1. The van der Waals surface area contributed by atoms with E-state index < -0.39 is 18.5 Å². The van der Waals surface area contributed by atoms with Gasteiger partial charge in [0.2, 0.25) is 0 Å². The Morgan fingerprint density at radius 1 is 1.21 bits per heavy atom. The van der Waals surface area contributed by atoms with Gasteiger partial charge in [0, 0.05) is 5.02 Å². The summed E-state index contributed by atoms with van der Waals surface area (Å²) in [6.07, 6.45) is 0. The summed E-state index contributed by atoms with van der Waals surface area (Å²) in [5.74, 6) is -1.36. The third-order valence-corrected chi connectivity index (χ3v) is 3.91. The number of aryl methyl sites for hydroxylation is 1. The molecule has 0 fully saturated rings. The molecule has 1 N–H and O–H groups in total. The number of ether oxygens (including phenoxy) is 1. The Bertz CT molecular complexity index is 1090. The number of carbonyl (C=O) groups is 2. The number of carbonyl (C=O) groups excluding carboxylic acids is 2. The lowest BCUT2D eigenvalue weighted by Crippen LogP contribution is -2.22. The summed E-state index contributed by atoms with van der Waals surface area (Å²) in [7, 11) is 0. The number of nitrogens with zero attached hydrogens (tertiary/aromatic N) is 4. The molecule has 0 spiro atoms. The monoisotopic (exact) mass is 395 g/mol. The summed E-state index contributed by atoms with van der Waals surface area (Å²) < 4.78 is 5.01. The first-order valence-corrected chi connectivity index (χ1v) is 8.51. The summed E-state index contributed by atoms with van der Waals surface area (Å²) in [6.45, 7) is 1.08. The minimum Gasteiger partial charge on any atom is -0.451 e. The van der Waals surface area contributed by atoms with Gasteiger partial charge in [0.05, 0.1) is 22.6 Å². The number of hydrogen-bond donors (Lipinski definition) is 1. The Labute approximate surface area is 165 Å². The maximum absolute atomic E-state index is 12.3. The lowest BCUT2D eigenvalue weighted by molar-refractivity contribution is -0.119. The molecule has 9 heteroatoms. The third kappa shape index (κ3) is 4.34. The van der Waals surface area contributed by atoms with Crippen molar-refractivity contribution in [2.24, 2.45) is 0 Å². The van der Waals surface area contributed by atoms with Crippen LogP contribution in [0.3, 0.4) is 0 Å². The normalized spacial score (nSPS) is 10.2. The average Bonchev–Trinajstić information content (AvgIpc) is 3.08. The second-order valence-corrected chi connectivity index (χ2v) is 6.12. The van der Waals surface area contributed by atoms with Crippen molar-refractivity contribution >= 4 is 29.2 Å². The number of hydrogen-bond acceptors (Lipinski definition) is 6. The van der Waals surface area contributed by atoms with E-state index in [1.165, 1.54) is 4.80 Å². The molecular formula is C19H14ClN5O3. The Balaban J connectivity index is 1.65. The Kier molecular flexibility index (Phi) is 5.67. The molecule has 0 aliphatic heterocycles. The van der Waals surface area contributed by atoms with E-state index >= 15 is 0 Å². The number of anilines is 1. The fourth-order valence-electron chi connectivity index (χ4n) is 2.36. The van der Waals surface area contributed by atoms with Gasteiger partial charge in [0.15, 0.2) is 12.3 Å². The highest BCUT2D eigenvalue weighted by Crippen LogP contribution is 2.15. The van der Waals surface area contributed by atoms with E-state index in [2.05, 4.69) is 15.5 Å². The Morgan fingerprint density at radius 2 is 2.00 bits per heavy atom. The van der Waals surface area contributed by atoms with Crippen molar-refractivity contribution in [2.45, 2.75) is 6.92 Å². The highest BCUT2D eigenvalue weighted by Gasteiger charge is 2.19. The number of nitrogens with one attached hydrogen (secondary N) is 1. The summed E-state index contributed by atoms with van der Waals surface area (Å²) in [5.41, 5.74) is 1.57. The van der Waals surface area contributed by atoms with Crippen molar-refractivity contribution < 1.29 is 14.3 Å². The zero-order valence-corrected chi connectivity index (χ0v) is 15.5. The van der Waals surface area contributed by atoms with Crippen LogP contribution in [0.2, 0.25) is 5.02 Å². The molecule has 3 rings (SSSR count). The first-order valence-electron chi connectivity index (χ1n) is 8.14. The highest BCUT2D eigenvalue weighted by molar-refractivity contribution is 6.30. The number of esters is 1. The molecule has 8 nitrogen and oxygen atoms in total. The van der Waals surface area contributed by atoms with Crippen LogP contribution < -0.4 is 5.32 Å². The number of nitriles is 1. The summed E-state index contributed by atoms with van der Waals surface area (Å²) in [6, 6.07) is 15.3. The van der Waals surface area contributed by atoms with Crippen LogP contribution in [0.4, 0.5) is 5.69 Å². The Morgan fingerprint density at radius 3 is 2.75 bits per heavy atom. The number of amides is 1. The van der Waals surface area contributed by atoms with E-state index in [-0.39, 0.29) is 5.69 Å². The molecule has 28 heavy (non-hydrogen) atoms. The van der Waals surface area contributed by atoms with Gasteiger partial charge in [-0.3, -0.25) is 4.79 Å². The van der Waals surface area contributed by atoms with Gasteiger partial charge < -0.3 is 10.1 Å². The van der Waals surface area contributed by atoms with Gasteiger partial charge in [0.25, 0.3) is 5.91 Å². The van der Waals surface area contributed by atoms with Crippen LogP contribution in [0.15, 0.2) is 48.5 Å². The predicted octanol–water partition coefficient (Wildman–Crippen LogP) is 2.90. The minimum absolute atomic E-state index is 0.00907. The zero-order valence-electron chi connectivity index (χ0n) is 14.7. The minimum atomic E-state index is -0.783. The number of rotatable bonds is 5. The molecule has 3 aromatic rings. The maximum Gasteiger partial charge on any atom is 0.361 e. The molecule has 1 aromatic heterocycles. The number of aromatic nitrogens is 3. The smallest absolute Gasteiger partial charge is 0.361 e. The molecule has 140 valence electrons. The van der Waals surface area contributed by atoms with Crippen LogP contribution in [0, 0.1) is 18.3 Å². The number of halogens is 1. The van der Waals surface area contributed by atoms with E-state index in [4.69, 9.17) is 21.6 Å². The molecule has 0 atom stereocenters. The predicted molar refractivity (Wildman–Crippen MR) is 101 cm³/mol. The quantitative estimate of drug-likeness (QED) is 0.665. The third-order valence-electron chi connectivity index (χ3n) is 3.67. The molecule has 0 aliphatic carbocycles. The topological polar surface area (TPSA) is 110 Å². The van der Waals surface area contributed by atoms with Crippen LogP contribution in [0.1, 0.15) is 21.7 Å². The number of benzene rings is 2. The van der Waals surface area contributed by atoms with Crippen molar-refractivity contribution in [2.75, 3.05) is 11.9 Å². The molecule has 0 saturated carbocycles. The van der Waals surface area contributed by atoms with Gasteiger partial charge in [-0.05, 0) is 37.3 Å². The van der Waals surface area contributed by atoms with E-state index in [9.17, 15) is 9.59 Å². The summed E-state index contributed by atoms with van der Waals surface area (Å²) >= 11 is 5.95. The largest absolute Gasteiger partial charge is 0.451 e. The highest BCUT2D eigenvalue weighted by atomic mass is 35.5. The lowest BCUT2D eigenvalue weighted by atomic mass is 10.2. The molecule has 1 heterocycles. The second kappa shape index (κ2) is 8.33. The molecule has 0 radical (unpaired) electrons. The molecule has 0 bridgehead atoms. The molecule has 0 unspecified atom stereocenters. The lowest BCUT2D eigenvalue weighted by Gasteiger charge is -2.07. The molecular weight excluding hydrogens is 382 g/mol. The van der Waals surface area contributed by atoms with Crippen molar-refractivity contribution in [1.29, 1.82) is 5.26 Å². The maximum atomic E-state index is 12.3. The van der Waals surface area contributed by atoms with Gasteiger partial charge in [-0.25, -0.2) is 4.79 Å². The van der Waals surface area contributed by atoms with Crippen LogP contribution in [0.25, 0.3) is 5.69 Å². The molecule has 0 aliphatic rings. The van der Waals surface area contributed by atoms with Crippen molar-refractivity contribution in [1.82, 2.24) is 15.0 Å². The van der Waals surface area contributed by atoms with Gasteiger partial charge in [0.1, 0.15) is 6.07 Å². The molecule has 0 saturated heterocycles. The van der Waals surface area contributed by atoms with Gasteiger partial charge in [-0.2, -0.15) is 15.2 Å². The zero-order chi connectivity index (χ0) is 20.1. The summed E-state index contributed by atoms with van der Waals surface area (Å²) in [5, 5.41) is 20.3. The van der Waals surface area contributed by atoms with Crippen molar-refractivity contribution in [3.05, 3.63) is 70.5 Å². The van der Waals surface area contributed by atoms with E-state index in [1.807, 2.05) is 6.07 Å². The average molecular weight is 396 g/mol. The summed E-state index contributed by atoms with van der Waals surface area (Å²) in [4.78, 5) is 25.5. The van der Waals surface area contributed by atoms with Gasteiger partial charge in [-0.15, -0.1) is 5.10 Å². The Hall–Kier alpha value is -3.70. The first-order chi connectivity index (χ1) is 13.5. The molecule has 2 aromatic carbocycles. The van der Waals surface area contributed by atoms with Crippen LogP contribution >= 0.6 is 11.6 Å². The molecule has 1 amide bonds. The van der Waals surface area contributed by atoms with Gasteiger partial charge in [-0.1, -0.05) is 29.8 Å². The van der Waals surface area contributed by atoms with Crippen LogP contribution in [-0.2, 0) is 9.53 Å². The van der Waals surface area contributed by atoms with Crippen molar-refractivity contribution in [3.63, 3.8) is 0 Å².